The molecule has 1 aliphatic heterocycles. The van der Waals surface area contributed by atoms with Gasteiger partial charge >= 0.3 is 0 Å². The van der Waals surface area contributed by atoms with E-state index in [9.17, 15) is 4.79 Å². The molecule has 0 amide bonds. The molecule has 0 aromatic rings. The van der Waals surface area contributed by atoms with Crippen molar-refractivity contribution in [2.24, 2.45) is 5.92 Å². The van der Waals surface area contributed by atoms with Gasteiger partial charge in [-0.2, -0.15) is 0 Å². The molecule has 0 aliphatic carbocycles. The zero-order valence-corrected chi connectivity index (χ0v) is 9.19. The quantitative estimate of drug-likeness (QED) is 0.682. The van der Waals surface area contributed by atoms with E-state index in [0.717, 1.165) is 26.2 Å². The molecule has 1 saturated heterocycles. The number of ether oxygens (including phenoxy) is 1. The summed E-state index contributed by atoms with van der Waals surface area (Å²) < 4.78 is 5.59. The lowest BCUT2D eigenvalue weighted by molar-refractivity contribution is -0.113. The monoisotopic (exact) mass is 208 g/mol. The van der Waals surface area contributed by atoms with Crippen LogP contribution in [-0.4, -0.2) is 36.2 Å². The number of rotatable bonds is 2. The third-order valence-corrected chi connectivity index (χ3v) is 2.45. The van der Waals surface area contributed by atoms with Crippen LogP contribution < -0.4 is 0 Å². The van der Waals surface area contributed by atoms with Gasteiger partial charge < -0.3 is 20.1 Å². The third-order valence-electron chi connectivity index (χ3n) is 2.45. The molecule has 0 spiro atoms. The number of hydrogen-bond acceptors (Lipinski definition) is 3. The highest BCUT2D eigenvalue weighted by Gasteiger charge is 2.24. The standard InChI is InChI=1S/C9H16O2.CH4O.H2O.H2/c1-7-3-4-9(5-6-10)8(2)11-7;1-2;;/h6-9H,3-5H2,1-2H3;2H,1H3;1H2;1H/t7?,8-,9?;;;/m0.../s1. The molecule has 0 radical (unpaired) electrons. The lowest BCUT2D eigenvalue weighted by Crippen LogP contribution is -2.31. The molecule has 4 nitrogen and oxygen atoms in total. The van der Waals surface area contributed by atoms with Crippen molar-refractivity contribution >= 4 is 6.29 Å². The van der Waals surface area contributed by atoms with Crippen molar-refractivity contribution < 1.29 is 21.5 Å². The van der Waals surface area contributed by atoms with Crippen LogP contribution in [0.1, 0.15) is 34.5 Å². The molecule has 4 heteroatoms. The molecule has 3 atom stereocenters. The summed E-state index contributed by atoms with van der Waals surface area (Å²) in [5.41, 5.74) is 0. The van der Waals surface area contributed by atoms with Crippen LogP contribution in [0, 0.1) is 5.92 Å². The van der Waals surface area contributed by atoms with Gasteiger partial charge in [-0.25, -0.2) is 0 Å². The highest BCUT2D eigenvalue weighted by atomic mass is 16.5. The maximum Gasteiger partial charge on any atom is 0.120 e. The number of carbonyl (C=O) groups is 1. The number of aldehydes is 1. The summed E-state index contributed by atoms with van der Waals surface area (Å²) >= 11 is 0. The Morgan fingerprint density at radius 2 is 2.00 bits per heavy atom. The minimum atomic E-state index is 0. The van der Waals surface area contributed by atoms with Crippen molar-refractivity contribution in [2.45, 2.75) is 45.3 Å². The Balaban J connectivity index is -0.000000339. The minimum absolute atomic E-state index is 0. The Morgan fingerprint density at radius 1 is 1.43 bits per heavy atom. The van der Waals surface area contributed by atoms with Gasteiger partial charge in [-0.05, 0) is 32.6 Å². The molecule has 2 unspecified atom stereocenters. The fourth-order valence-electron chi connectivity index (χ4n) is 1.66. The van der Waals surface area contributed by atoms with Crippen molar-refractivity contribution in [3.8, 4) is 0 Å². The van der Waals surface area contributed by atoms with Gasteiger partial charge in [0.15, 0.2) is 0 Å². The van der Waals surface area contributed by atoms with Crippen LogP contribution in [0.2, 0.25) is 0 Å². The Kier molecular flexibility index (Phi) is 10.4. The lowest BCUT2D eigenvalue weighted by atomic mass is 9.91. The summed E-state index contributed by atoms with van der Waals surface area (Å²) in [5.74, 6) is 0.462. The van der Waals surface area contributed by atoms with Crippen molar-refractivity contribution in [3.05, 3.63) is 0 Å². The van der Waals surface area contributed by atoms with Gasteiger partial charge in [-0.15, -0.1) is 0 Å². The van der Waals surface area contributed by atoms with Crippen LogP contribution in [0.3, 0.4) is 0 Å². The molecule has 0 aromatic carbocycles. The minimum Gasteiger partial charge on any atom is -0.412 e. The molecule has 14 heavy (non-hydrogen) atoms. The van der Waals surface area contributed by atoms with Crippen LogP contribution >= 0.6 is 0 Å². The first kappa shape index (κ1) is 16.0. The second-order valence-electron chi connectivity index (χ2n) is 3.39. The van der Waals surface area contributed by atoms with Crippen molar-refractivity contribution in [2.75, 3.05) is 7.11 Å². The smallest absolute Gasteiger partial charge is 0.120 e. The molecule has 3 N–H and O–H groups in total. The molecule has 1 rings (SSSR count). The molecule has 0 aromatic heterocycles. The van der Waals surface area contributed by atoms with E-state index in [-0.39, 0.29) is 13.0 Å². The molecular formula is C10H24O4. The predicted molar refractivity (Wildman–Crippen MR) is 57.3 cm³/mol. The third kappa shape index (κ3) is 5.32. The van der Waals surface area contributed by atoms with Gasteiger partial charge in [0.25, 0.3) is 0 Å². The van der Waals surface area contributed by atoms with Gasteiger partial charge in [-0.3, -0.25) is 0 Å². The number of hydrogen-bond donors (Lipinski definition) is 1. The average molecular weight is 208 g/mol. The largest absolute Gasteiger partial charge is 0.412 e. The van der Waals surface area contributed by atoms with E-state index in [2.05, 4.69) is 13.8 Å². The molecule has 0 saturated carbocycles. The first-order chi connectivity index (χ1) is 6.24. The molecule has 88 valence electrons. The Labute approximate surface area is 87.1 Å². The van der Waals surface area contributed by atoms with Crippen LogP contribution in [-0.2, 0) is 9.53 Å². The number of carbonyl (C=O) groups excluding carboxylic acids is 1. The zero-order chi connectivity index (χ0) is 10.3. The maximum absolute atomic E-state index is 10.2. The highest BCUT2D eigenvalue weighted by molar-refractivity contribution is 5.49. The van der Waals surface area contributed by atoms with Gasteiger partial charge in [0.05, 0.1) is 12.2 Å². The maximum atomic E-state index is 10.2. The van der Waals surface area contributed by atoms with Crippen LogP contribution in [0.4, 0.5) is 0 Å². The highest BCUT2D eigenvalue weighted by Crippen LogP contribution is 2.26. The molecule has 1 heterocycles. The summed E-state index contributed by atoms with van der Waals surface area (Å²) in [7, 11) is 1.00. The van der Waals surface area contributed by atoms with E-state index in [1.165, 1.54) is 0 Å². The van der Waals surface area contributed by atoms with Gasteiger partial charge in [0.2, 0.25) is 0 Å². The number of aliphatic hydroxyl groups is 1. The molecule has 1 fully saturated rings. The zero-order valence-electron chi connectivity index (χ0n) is 9.19. The molecule has 0 bridgehead atoms. The van der Waals surface area contributed by atoms with E-state index in [1.54, 1.807) is 0 Å². The van der Waals surface area contributed by atoms with Crippen LogP contribution in [0.15, 0.2) is 0 Å². The average Bonchev–Trinajstić information content (AvgIpc) is 2.14. The van der Waals surface area contributed by atoms with E-state index in [1.807, 2.05) is 0 Å². The second kappa shape index (κ2) is 9.12. The summed E-state index contributed by atoms with van der Waals surface area (Å²) in [6, 6.07) is 0. The molecular weight excluding hydrogens is 184 g/mol. The van der Waals surface area contributed by atoms with E-state index in [0.29, 0.717) is 18.4 Å². The van der Waals surface area contributed by atoms with Gasteiger partial charge in [-0.1, -0.05) is 0 Å². The summed E-state index contributed by atoms with van der Waals surface area (Å²) in [6.07, 6.45) is 4.55. The lowest BCUT2D eigenvalue weighted by Gasteiger charge is -2.32. The van der Waals surface area contributed by atoms with E-state index in [4.69, 9.17) is 9.84 Å². The number of aliphatic hydroxyl groups excluding tert-OH is 1. The predicted octanol–water partition coefficient (Wildman–Crippen LogP) is 0.809. The Hall–Kier alpha value is -0.450. The van der Waals surface area contributed by atoms with Crippen molar-refractivity contribution in [1.82, 2.24) is 0 Å². The normalized spacial score (nSPS) is 30.7. The van der Waals surface area contributed by atoms with Crippen molar-refractivity contribution in [1.29, 1.82) is 0 Å². The van der Waals surface area contributed by atoms with Crippen LogP contribution in [0.5, 0.6) is 0 Å². The fraction of sp³-hybridized carbons (Fsp3) is 0.900. The summed E-state index contributed by atoms with van der Waals surface area (Å²) in [6.45, 7) is 4.15. The second-order valence-corrected chi connectivity index (χ2v) is 3.39. The summed E-state index contributed by atoms with van der Waals surface area (Å²) in [4.78, 5) is 10.2. The fourth-order valence-corrected chi connectivity index (χ4v) is 1.66. The first-order valence-electron chi connectivity index (χ1n) is 4.78. The summed E-state index contributed by atoms with van der Waals surface area (Å²) in [5, 5.41) is 7.00. The van der Waals surface area contributed by atoms with E-state index < -0.39 is 0 Å². The Morgan fingerprint density at radius 3 is 2.43 bits per heavy atom. The SMILES string of the molecule is CC1CCC(CC=O)[C@H](C)O1.CO.O.[HH]. The topological polar surface area (TPSA) is 78.0 Å². The van der Waals surface area contributed by atoms with Gasteiger partial charge in [0, 0.05) is 15.0 Å². The van der Waals surface area contributed by atoms with Crippen LogP contribution in [0.25, 0.3) is 0 Å². The first-order valence-corrected chi connectivity index (χ1v) is 4.78. The van der Waals surface area contributed by atoms with Crippen molar-refractivity contribution in [3.63, 3.8) is 0 Å². The Bertz CT molecular complexity index is 143. The van der Waals surface area contributed by atoms with Gasteiger partial charge in [0.1, 0.15) is 6.29 Å². The van der Waals surface area contributed by atoms with E-state index >= 15 is 0 Å². The molecule has 1 aliphatic rings.